The van der Waals surface area contributed by atoms with E-state index in [4.69, 9.17) is 0 Å². The summed E-state index contributed by atoms with van der Waals surface area (Å²) in [7, 11) is -3.64. The van der Waals surface area contributed by atoms with Crippen LogP contribution < -0.4 is 5.32 Å². The summed E-state index contributed by atoms with van der Waals surface area (Å²) in [6, 6.07) is 7.22. The average molecular weight is 420 g/mol. The molecule has 0 radical (unpaired) electrons. The van der Waals surface area contributed by atoms with Gasteiger partial charge in [0.1, 0.15) is 0 Å². The summed E-state index contributed by atoms with van der Waals surface area (Å²) in [6.07, 6.45) is 3.63. The van der Waals surface area contributed by atoms with Gasteiger partial charge in [0.2, 0.25) is 10.0 Å². The lowest BCUT2D eigenvalue weighted by Crippen LogP contribution is -2.37. The molecule has 2 aromatic rings. The number of sulfonamides is 1. The topological polar surface area (TPSA) is 121 Å². The van der Waals surface area contributed by atoms with Crippen LogP contribution in [0, 0.1) is 10.1 Å². The molecule has 1 aromatic heterocycles. The number of nitrogens with one attached hydrogen (secondary N) is 2. The zero-order chi connectivity index (χ0) is 20.4. The highest BCUT2D eigenvalue weighted by Gasteiger charge is 2.31. The molecule has 10 heteroatoms. The minimum Gasteiger partial charge on any atom is -0.317 e. The first-order valence-corrected chi connectivity index (χ1v) is 11.4. The van der Waals surface area contributed by atoms with Crippen LogP contribution in [-0.4, -0.2) is 54.0 Å². The molecule has 0 unspecified atom stereocenters. The van der Waals surface area contributed by atoms with E-state index in [1.165, 1.54) is 28.6 Å². The maximum Gasteiger partial charge on any atom is 0.269 e. The van der Waals surface area contributed by atoms with Crippen molar-refractivity contribution < 1.29 is 13.3 Å². The third-order valence-electron chi connectivity index (χ3n) is 5.95. The van der Waals surface area contributed by atoms with Crippen molar-refractivity contribution in [1.29, 1.82) is 0 Å². The van der Waals surface area contributed by atoms with Crippen LogP contribution in [0.2, 0.25) is 0 Å². The lowest BCUT2D eigenvalue weighted by atomic mass is 9.91. The molecule has 0 bridgehead atoms. The van der Waals surface area contributed by atoms with Crippen LogP contribution in [0.15, 0.2) is 35.2 Å². The van der Waals surface area contributed by atoms with Crippen molar-refractivity contribution in [1.82, 2.24) is 19.8 Å². The number of aromatic amines is 1. The van der Waals surface area contributed by atoms with Gasteiger partial charge in [0.05, 0.1) is 15.5 Å². The van der Waals surface area contributed by atoms with E-state index in [1.807, 2.05) is 0 Å². The van der Waals surface area contributed by atoms with Gasteiger partial charge in [-0.05, 0) is 57.0 Å². The summed E-state index contributed by atoms with van der Waals surface area (Å²) in [5.41, 5.74) is 2.08. The molecule has 0 aliphatic carbocycles. The summed E-state index contributed by atoms with van der Waals surface area (Å²) in [4.78, 5) is 10.3. The fourth-order valence-corrected chi connectivity index (χ4v) is 5.65. The van der Waals surface area contributed by atoms with Crippen molar-refractivity contribution in [2.75, 3.05) is 26.2 Å². The first kappa shape index (κ1) is 20.0. The summed E-state index contributed by atoms with van der Waals surface area (Å²) < 4.78 is 27.2. The summed E-state index contributed by atoms with van der Waals surface area (Å²) in [5.74, 6) is 0.755. The molecule has 9 nitrogen and oxygen atoms in total. The molecule has 1 aromatic carbocycles. The van der Waals surface area contributed by atoms with Gasteiger partial charge in [-0.2, -0.15) is 9.40 Å². The molecule has 0 atom stereocenters. The molecule has 3 heterocycles. The Hall–Kier alpha value is -2.30. The monoisotopic (exact) mass is 419 g/mol. The van der Waals surface area contributed by atoms with Crippen LogP contribution >= 0.6 is 0 Å². The van der Waals surface area contributed by atoms with E-state index < -0.39 is 14.9 Å². The SMILES string of the molecule is O=[N+]([O-])c1ccc(S(=O)(=O)N2CCC(c3cc(C4CCNCC4)n[nH]3)CC2)cc1. The molecule has 2 aliphatic heterocycles. The number of benzene rings is 1. The maximum absolute atomic E-state index is 12.9. The number of non-ortho nitro benzene ring substituents is 1. The third kappa shape index (κ3) is 4.19. The molecular weight excluding hydrogens is 394 g/mol. The fraction of sp³-hybridized carbons (Fsp3) is 0.526. The molecule has 0 spiro atoms. The molecule has 2 saturated heterocycles. The van der Waals surface area contributed by atoms with E-state index >= 15 is 0 Å². The molecule has 0 amide bonds. The van der Waals surface area contributed by atoms with Gasteiger partial charge in [0, 0.05) is 42.8 Å². The highest BCUT2D eigenvalue weighted by atomic mass is 32.2. The highest BCUT2D eigenvalue weighted by molar-refractivity contribution is 7.89. The van der Waals surface area contributed by atoms with Gasteiger partial charge >= 0.3 is 0 Å². The Morgan fingerprint density at radius 3 is 2.31 bits per heavy atom. The summed E-state index contributed by atoms with van der Waals surface area (Å²) >= 11 is 0. The van der Waals surface area contributed by atoms with Gasteiger partial charge in [-0.3, -0.25) is 15.2 Å². The molecule has 156 valence electrons. The average Bonchev–Trinajstić information content (AvgIpc) is 3.25. The number of aromatic nitrogens is 2. The quantitative estimate of drug-likeness (QED) is 0.567. The number of nitrogens with zero attached hydrogens (tertiary/aromatic N) is 3. The standard InChI is InChI=1S/C19H25N5O4S/c25-24(26)16-1-3-17(4-2-16)29(27,28)23-11-7-15(8-12-23)19-13-18(21-22-19)14-5-9-20-10-6-14/h1-4,13-15,20H,5-12H2,(H,21,22). The Morgan fingerprint density at radius 1 is 1.03 bits per heavy atom. The fourth-order valence-electron chi connectivity index (χ4n) is 4.18. The van der Waals surface area contributed by atoms with Gasteiger partial charge in [0.15, 0.2) is 0 Å². The Morgan fingerprint density at radius 2 is 1.69 bits per heavy atom. The van der Waals surface area contributed by atoms with Crippen molar-refractivity contribution in [2.24, 2.45) is 0 Å². The second kappa shape index (κ2) is 8.21. The highest BCUT2D eigenvalue weighted by Crippen LogP contribution is 2.32. The molecule has 4 rings (SSSR count). The Balaban J connectivity index is 1.40. The predicted octanol–water partition coefficient (Wildman–Crippen LogP) is 2.35. The lowest BCUT2D eigenvalue weighted by Gasteiger charge is -2.30. The zero-order valence-corrected chi connectivity index (χ0v) is 16.9. The molecule has 2 aliphatic rings. The summed E-state index contributed by atoms with van der Waals surface area (Å²) in [5, 5.41) is 21.8. The van der Waals surface area contributed by atoms with Gasteiger partial charge in [-0.1, -0.05) is 0 Å². The maximum atomic E-state index is 12.9. The molecule has 29 heavy (non-hydrogen) atoms. The van der Waals surface area contributed by atoms with E-state index in [2.05, 4.69) is 21.6 Å². The largest absolute Gasteiger partial charge is 0.317 e. The number of rotatable bonds is 5. The Kier molecular flexibility index (Phi) is 5.66. The first-order valence-electron chi connectivity index (χ1n) is 9.95. The van der Waals surface area contributed by atoms with Gasteiger partial charge in [0.25, 0.3) is 5.69 Å². The third-order valence-corrected chi connectivity index (χ3v) is 7.87. The van der Waals surface area contributed by atoms with Crippen molar-refractivity contribution in [3.8, 4) is 0 Å². The number of hydrogen-bond acceptors (Lipinski definition) is 6. The van der Waals surface area contributed by atoms with Crippen LogP contribution in [-0.2, 0) is 10.0 Å². The smallest absolute Gasteiger partial charge is 0.269 e. The molecule has 0 saturated carbocycles. The van der Waals surface area contributed by atoms with Crippen LogP contribution in [0.1, 0.15) is 48.9 Å². The Labute approximate surface area is 169 Å². The number of hydrogen-bond donors (Lipinski definition) is 2. The van der Waals surface area contributed by atoms with Crippen molar-refractivity contribution in [3.05, 3.63) is 51.8 Å². The van der Waals surface area contributed by atoms with Crippen LogP contribution in [0.3, 0.4) is 0 Å². The summed E-state index contributed by atoms with van der Waals surface area (Å²) in [6.45, 7) is 2.88. The minimum atomic E-state index is -3.64. The van der Waals surface area contributed by atoms with Gasteiger partial charge < -0.3 is 5.32 Å². The van der Waals surface area contributed by atoms with E-state index in [9.17, 15) is 18.5 Å². The normalized spacial score (nSPS) is 20.0. The van der Waals surface area contributed by atoms with E-state index in [1.54, 1.807) is 0 Å². The van der Waals surface area contributed by atoms with E-state index in [-0.39, 0.29) is 16.5 Å². The number of nitro benzene ring substituents is 1. The van der Waals surface area contributed by atoms with E-state index in [0.717, 1.165) is 50.2 Å². The van der Waals surface area contributed by atoms with E-state index in [0.29, 0.717) is 19.0 Å². The van der Waals surface area contributed by atoms with Crippen LogP contribution in [0.4, 0.5) is 5.69 Å². The molecule has 2 N–H and O–H groups in total. The Bertz CT molecular complexity index is 959. The number of piperidine rings is 2. The number of nitro groups is 1. The van der Waals surface area contributed by atoms with Crippen LogP contribution in [0.5, 0.6) is 0 Å². The van der Waals surface area contributed by atoms with Crippen LogP contribution in [0.25, 0.3) is 0 Å². The predicted molar refractivity (Wildman–Crippen MR) is 107 cm³/mol. The van der Waals surface area contributed by atoms with Crippen molar-refractivity contribution in [3.63, 3.8) is 0 Å². The molecule has 2 fully saturated rings. The van der Waals surface area contributed by atoms with Gasteiger partial charge in [-0.25, -0.2) is 8.42 Å². The van der Waals surface area contributed by atoms with Gasteiger partial charge in [-0.15, -0.1) is 0 Å². The first-order chi connectivity index (χ1) is 13.9. The second-order valence-corrected chi connectivity index (χ2v) is 9.64. The van der Waals surface area contributed by atoms with Crippen molar-refractivity contribution >= 4 is 15.7 Å². The second-order valence-electron chi connectivity index (χ2n) is 7.70. The number of H-pyrrole nitrogens is 1. The lowest BCUT2D eigenvalue weighted by molar-refractivity contribution is -0.384. The minimum absolute atomic E-state index is 0.0938. The van der Waals surface area contributed by atoms with Crippen molar-refractivity contribution in [2.45, 2.75) is 42.4 Å². The zero-order valence-electron chi connectivity index (χ0n) is 16.1. The molecular formula is C19H25N5O4S.